The van der Waals surface area contributed by atoms with Crippen LogP contribution in [0.5, 0.6) is 0 Å². The number of carbonyl (C=O) groups excluding carboxylic acids is 2. The number of aromatic nitrogens is 2. The minimum atomic E-state index is -0.641. The van der Waals surface area contributed by atoms with Gasteiger partial charge in [-0.2, -0.15) is 0 Å². The van der Waals surface area contributed by atoms with Crippen LogP contribution in [0.2, 0.25) is 0 Å². The Bertz CT molecular complexity index is 1200. The summed E-state index contributed by atoms with van der Waals surface area (Å²) < 4.78 is 1.38. The zero-order valence-electron chi connectivity index (χ0n) is 14.8. The average molecular weight is 382 g/mol. The maximum atomic E-state index is 12.7. The number of hydrogen-bond donors (Lipinski definition) is 3. The molecule has 8 heteroatoms. The number of anilines is 1. The Labute approximate surface area is 158 Å². The van der Waals surface area contributed by atoms with Gasteiger partial charge in [-0.1, -0.05) is 24.8 Å². The molecule has 1 amide bonds. The Morgan fingerprint density at radius 2 is 1.96 bits per heavy atom. The summed E-state index contributed by atoms with van der Waals surface area (Å²) in [6.45, 7) is 6.96. The SMILES string of the molecule is C=c1[nH]n(-c2ccccc2)c(=O)c1=CNc1sc(C(C)=O)c(C)c1C(N)=O. The molecule has 0 radical (unpaired) electrons. The number of Topliss-reactive ketones (excluding diaryl/α,β-unsaturated/α-hetero) is 1. The summed E-state index contributed by atoms with van der Waals surface area (Å²) in [7, 11) is 0. The Hall–Kier alpha value is -3.39. The van der Waals surface area contributed by atoms with Crippen LogP contribution >= 0.6 is 11.3 Å². The molecule has 0 fully saturated rings. The zero-order valence-corrected chi connectivity index (χ0v) is 15.6. The van der Waals surface area contributed by atoms with Gasteiger partial charge in [0.1, 0.15) is 5.00 Å². The van der Waals surface area contributed by atoms with Crippen LogP contribution < -0.4 is 27.2 Å². The molecular formula is C19H18N4O3S. The fourth-order valence-corrected chi connectivity index (χ4v) is 3.87. The Morgan fingerprint density at radius 1 is 1.30 bits per heavy atom. The number of amides is 1. The Morgan fingerprint density at radius 3 is 2.56 bits per heavy atom. The third-order valence-corrected chi connectivity index (χ3v) is 5.40. The van der Waals surface area contributed by atoms with Gasteiger partial charge in [-0.3, -0.25) is 19.5 Å². The Balaban J connectivity index is 2.08. The van der Waals surface area contributed by atoms with Gasteiger partial charge in [0.2, 0.25) is 0 Å². The van der Waals surface area contributed by atoms with Crippen molar-refractivity contribution in [3.63, 3.8) is 0 Å². The summed E-state index contributed by atoms with van der Waals surface area (Å²) in [5, 5.41) is 6.99. The smallest absolute Gasteiger partial charge is 0.280 e. The molecule has 0 saturated carbocycles. The maximum absolute atomic E-state index is 12.7. The normalized spacial score (nSPS) is 11.6. The lowest BCUT2D eigenvalue weighted by Crippen LogP contribution is -2.34. The fourth-order valence-electron chi connectivity index (χ4n) is 2.79. The second-order valence-corrected chi connectivity index (χ2v) is 6.97. The van der Waals surface area contributed by atoms with Gasteiger partial charge in [-0.25, -0.2) is 4.68 Å². The van der Waals surface area contributed by atoms with E-state index in [-0.39, 0.29) is 16.9 Å². The van der Waals surface area contributed by atoms with Crippen molar-refractivity contribution in [1.29, 1.82) is 0 Å². The van der Waals surface area contributed by atoms with Crippen molar-refractivity contribution in [2.24, 2.45) is 5.73 Å². The van der Waals surface area contributed by atoms with Crippen LogP contribution in [-0.4, -0.2) is 21.5 Å². The number of nitrogens with two attached hydrogens (primary N) is 1. The van der Waals surface area contributed by atoms with E-state index in [4.69, 9.17) is 5.73 Å². The summed E-state index contributed by atoms with van der Waals surface area (Å²) >= 11 is 1.12. The summed E-state index contributed by atoms with van der Waals surface area (Å²) in [6.07, 6.45) is 1.46. The summed E-state index contributed by atoms with van der Waals surface area (Å²) in [6, 6.07) is 9.09. The first kappa shape index (κ1) is 18.4. The van der Waals surface area contributed by atoms with Gasteiger partial charge in [0.25, 0.3) is 11.5 Å². The van der Waals surface area contributed by atoms with Gasteiger partial charge in [0, 0.05) is 6.20 Å². The number of aromatic amines is 1. The van der Waals surface area contributed by atoms with E-state index in [9.17, 15) is 14.4 Å². The van der Waals surface area contributed by atoms with Crippen LogP contribution in [0.15, 0.2) is 35.1 Å². The predicted molar refractivity (Wildman–Crippen MR) is 107 cm³/mol. The third kappa shape index (κ3) is 3.34. The van der Waals surface area contributed by atoms with Crippen LogP contribution in [0.4, 0.5) is 5.00 Å². The topological polar surface area (TPSA) is 110 Å². The largest absolute Gasteiger partial charge is 0.365 e. The number of ketones is 1. The molecule has 0 aliphatic heterocycles. The predicted octanol–water partition coefficient (Wildman–Crippen LogP) is 1.10. The quantitative estimate of drug-likeness (QED) is 0.574. The number of rotatable bonds is 5. The van der Waals surface area contributed by atoms with Gasteiger partial charge in [-0.15, -0.1) is 11.3 Å². The highest BCUT2D eigenvalue weighted by Gasteiger charge is 2.21. The second kappa shape index (κ2) is 7.08. The van der Waals surface area contributed by atoms with Crippen molar-refractivity contribution >= 4 is 40.8 Å². The summed E-state index contributed by atoms with van der Waals surface area (Å²) in [5.74, 6) is -0.795. The lowest BCUT2D eigenvalue weighted by Gasteiger charge is -2.00. The molecule has 1 aromatic carbocycles. The van der Waals surface area contributed by atoms with Crippen molar-refractivity contribution in [1.82, 2.24) is 9.78 Å². The van der Waals surface area contributed by atoms with Crippen LogP contribution in [0.25, 0.3) is 18.5 Å². The van der Waals surface area contributed by atoms with Crippen molar-refractivity contribution in [2.75, 3.05) is 5.32 Å². The average Bonchev–Trinajstić information content (AvgIpc) is 3.10. The number of nitrogens with zero attached hydrogens (tertiary/aromatic N) is 1. The summed E-state index contributed by atoms with van der Waals surface area (Å²) in [4.78, 5) is 36.7. The van der Waals surface area contributed by atoms with E-state index in [1.54, 1.807) is 19.1 Å². The number of H-pyrrole nitrogens is 1. The minimum absolute atomic E-state index is 0.154. The highest BCUT2D eigenvalue weighted by Crippen LogP contribution is 2.33. The molecule has 2 heterocycles. The molecule has 4 N–H and O–H groups in total. The molecule has 0 unspecified atom stereocenters. The van der Waals surface area contributed by atoms with E-state index in [1.807, 2.05) is 18.2 Å². The molecule has 0 aliphatic carbocycles. The molecule has 3 aromatic rings. The number of primary amides is 1. The molecule has 0 atom stereocenters. The van der Waals surface area contributed by atoms with Gasteiger partial charge in [-0.05, 0) is 31.5 Å². The van der Waals surface area contributed by atoms with Crippen LogP contribution in [0.1, 0.15) is 32.5 Å². The van der Waals surface area contributed by atoms with E-state index in [0.717, 1.165) is 11.3 Å². The number of thiophene rings is 1. The standard InChI is InChI=1S/C19H18N4O3S/c1-10-15(17(20)25)18(27-16(10)12(3)24)21-9-14-11(2)22-23(19(14)26)13-7-5-4-6-8-13/h4-9,21-22H,2H2,1,3H3,(H2,20,25). The lowest BCUT2D eigenvalue weighted by molar-refractivity contribution is 0.100. The highest BCUT2D eigenvalue weighted by molar-refractivity contribution is 7.18. The molecule has 0 saturated heterocycles. The maximum Gasteiger partial charge on any atom is 0.280 e. The van der Waals surface area contributed by atoms with Crippen molar-refractivity contribution in [3.8, 4) is 5.69 Å². The van der Waals surface area contributed by atoms with Crippen LogP contribution in [-0.2, 0) is 0 Å². The first-order valence-electron chi connectivity index (χ1n) is 8.07. The number of para-hydroxylation sites is 1. The minimum Gasteiger partial charge on any atom is -0.365 e. The van der Waals surface area contributed by atoms with E-state index < -0.39 is 5.91 Å². The molecular weight excluding hydrogens is 364 g/mol. The van der Waals surface area contributed by atoms with Gasteiger partial charge in [0.05, 0.1) is 26.7 Å². The molecule has 2 aromatic heterocycles. The molecule has 0 aliphatic rings. The van der Waals surface area contributed by atoms with Crippen molar-refractivity contribution < 1.29 is 9.59 Å². The number of hydrogen-bond acceptors (Lipinski definition) is 5. The lowest BCUT2D eigenvalue weighted by atomic mass is 10.1. The zero-order chi connectivity index (χ0) is 19.7. The molecule has 138 valence electrons. The van der Waals surface area contributed by atoms with E-state index in [2.05, 4.69) is 17.0 Å². The monoisotopic (exact) mass is 382 g/mol. The number of carbonyl (C=O) groups is 2. The first-order chi connectivity index (χ1) is 12.8. The van der Waals surface area contributed by atoms with Gasteiger partial charge < -0.3 is 11.1 Å². The second-order valence-electron chi connectivity index (χ2n) is 5.95. The van der Waals surface area contributed by atoms with Gasteiger partial charge >= 0.3 is 0 Å². The van der Waals surface area contributed by atoms with Gasteiger partial charge in [0.15, 0.2) is 5.78 Å². The van der Waals surface area contributed by atoms with Crippen molar-refractivity contribution in [3.05, 3.63) is 67.3 Å². The molecule has 0 bridgehead atoms. The van der Waals surface area contributed by atoms with Crippen LogP contribution in [0, 0.1) is 6.92 Å². The van der Waals surface area contributed by atoms with E-state index >= 15 is 0 Å². The highest BCUT2D eigenvalue weighted by atomic mass is 32.1. The molecule has 27 heavy (non-hydrogen) atoms. The third-order valence-electron chi connectivity index (χ3n) is 4.08. The van der Waals surface area contributed by atoms with Crippen LogP contribution in [0.3, 0.4) is 0 Å². The molecule has 3 rings (SSSR count). The Kier molecular flexibility index (Phi) is 4.83. The van der Waals surface area contributed by atoms with E-state index in [1.165, 1.54) is 17.8 Å². The molecule has 7 nitrogen and oxygen atoms in total. The number of nitrogens with one attached hydrogen (secondary N) is 2. The number of benzene rings is 1. The van der Waals surface area contributed by atoms with E-state index in [0.29, 0.717) is 31.7 Å². The molecule has 0 spiro atoms. The van der Waals surface area contributed by atoms with Crippen molar-refractivity contribution in [2.45, 2.75) is 13.8 Å². The first-order valence-corrected chi connectivity index (χ1v) is 8.89. The summed E-state index contributed by atoms with van der Waals surface area (Å²) in [5.41, 5.74) is 6.61. The fraction of sp³-hybridized carbons (Fsp3) is 0.105.